The highest BCUT2D eigenvalue weighted by Crippen LogP contribution is 2.36. The Morgan fingerprint density at radius 1 is 0.818 bits per heavy atom. The van der Waals surface area contributed by atoms with E-state index in [-0.39, 0.29) is 17.9 Å². The number of ether oxygens (including phenoxy) is 1. The zero-order chi connectivity index (χ0) is 38.8. The number of benzene rings is 4. The molecule has 3 amide bonds. The number of aromatic nitrogens is 1. The quantitative estimate of drug-likeness (QED) is 0.170. The maximum Gasteiger partial charge on any atom is 0.415 e. The number of nitrogens with zero attached hydrogens (tertiary/aromatic N) is 5. The number of rotatable bonds is 9. The van der Waals surface area contributed by atoms with Crippen molar-refractivity contribution < 1.29 is 19.1 Å². The first-order valence-electron chi connectivity index (χ1n) is 19.0. The van der Waals surface area contributed by atoms with Gasteiger partial charge in [-0.05, 0) is 106 Å². The molecule has 7 rings (SSSR count). The largest absolute Gasteiger partial charge is 0.415 e. The Balaban J connectivity index is 1.23. The number of fused-ring (bicyclic) bond motifs is 2. The second-order valence-electron chi connectivity index (χ2n) is 15.0. The van der Waals surface area contributed by atoms with Crippen molar-refractivity contribution in [2.75, 3.05) is 51.0 Å². The van der Waals surface area contributed by atoms with E-state index in [9.17, 15) is 14.4 Å². The Morgan fingerprint density at radius 3 is 2.29 bits per heavy atom. The maximum atomic E-state index is 14.9. The van der Waals surface area contributed by atoms with Crippen molar-refractivity contribution in [1.82, 2.24) is 19.3 Å². The van der Waals surface area contributed by atoms with Gasteiger partial charge in [0.25, 0.3) is 11.8 Å². The van der Waals surface area contributed by atoms with Gasteiger partial charge >= 0.3 is 6.09 Å². The molecule has 1 atom stereocenters. The van der Waals surface area contributed by atoms with E-state index >= 15 is 0 Å². The fourth-order valence-electron chi connectivity index (χ4n) is 7.66. The third-order valence-corrected chi connectivity index (χ3v) is 11.1. The molecular formula is C45H50N6O4. The molecule has 10 nitrogen and oxygen atoms in total. The molecule has 10 heteroatoms. The number of carbonyl (C=O) groups excluding carboxylic acids is 3. The van der Waals surface area contributed by atoms with E-state index < -0.39 is 6.09 Å². The highest BCUT2D eigenvalue weighted by atomic mass is 16.6. The lowest BCUT2D eigenvalue weighted by Gasteiger charge is -2.36. The van der Waals surface area contributed by atoms with E-state index in [1.165, 1.54) is 5.56 Å². The highest BCUT2D eigenvalue weighted by molar-refractivity contribution is 6.08. The number of anilines is 2. The van der Waals surface area contributed by atoms with Crippen LogP contribution in [0.2, 0.25) is 0 Å². The van der Waals surface area contributed by atoms with Gasteiger partial charge in [0.05, 0.1) is 11.3 Å². The Labute approximate surface area is 323 Å². The molecular weight excluding hydrogens is 689 g/mol. The van der Waals surface area contributed by atoms with E-state index in [1.807, 2.05) is 110 Å². The molecule has 4 aromatic carbocycles. The minimum atomic E-state index is -0.436. The van der Waals surface area contributed by atoms with Gasteiger partial charge in [-0.2, -0.15) is 0 Å². The van der Waals surface area contributed by atoms with E-state index in [4.69, 9.17) is 4.74 Å². The summed E-state index contributed by atoms with van der Waals surface area (Å²) in [6, 6.07) is 31.3. The summed E-state index contributed by atoms with van der Waals surface area (Å²) in [4.78, 5) is 49.9. The summed E-state index contributed by atoms with van der Waals surface area (Å²) in [6.45, 7) is 6.86. The lowest BCUT2D eigenvalue weighted by molar-refractivity contribution is 0.0658. The third-order valence-electron chi connectivity index (χ3n) is 11.1. The topological polar surface area (TPSA) is 90.4 Å². The third kappa shape index (κ3) is 7.73. The van der Waals surface area contributed by atoms with Crippen molar-refractivity contribution in [3.8, 4) is 17.0 Å². The average molecular weight is 739 g/mol. The lowest BCUT2D eigenvalue weighted by Crippen LogP contribution is -2.43. The number of para-hydroxylation sites is 3. The molecule has 1 aromatic heterocycles. The van der Waals surface area contributed by atoms with Crippen molar-refractivity contribution in [2.24, 2.45) is 7.05 Å². The molecule has 2 aliphatic heterocycles. The highest BCUT2D eigenvalue weighted by Gasteiger charge is 2.33. The Bertz CT molecular complexity index is 2230. The van der Waals surface area contributed by atoms with Crippen molar-refractivity contribution in [1.29, 1.82) is 0 Å². The summed E-state index contributed by atoms with van der Waals surface area (Å²) in [5, 5.41) is 3.38. The van der Waals surface area contributed by atoms with Gasteiger partial charge in [0.15, 0.2) is 5.75 Å². The lowest BCUT2D eigenvalue weighted by atomic mass is 9.90. The molecule has 2 aliphatic rings. The predicted molar refractivity (Wildman–Crippen MR) is 218 cm³/mol. The van der Waals surface area contributed by atoms with Gasteiger partial charge in [-0.15, -0.1) is 0 Å². The van der Waals surface area contributed by atoms with Crippen LogP contribution >= 0.6 is 0 Å². The monoisotopic (exact) mass is 738 g/mol. The minimum absolute atomic E-state index is 0.0176. The van der Waals surface area contributed by atoms with Gasteiger partial charge in [-0.1, -0.05) is 54.6 Å². The average Bonchev–Trinajstić information content (AvgIpc) is 3.49. The van der Waals surface area contributed by atoms with Crippen LogP contribution in [0, 0.1) is 6.92 Å². The van der Waals surface area contributed by atoms with Crippen LogP contribution in [0.3, 0.4) is 0 Å². The van der Waals surface area contributed by atoms with Crippen LogP contribution in [0.15, 0.2) is 97.1 Å². The normalized spacial score (nSPS) is 15.0. The second kappa shape index (κ2) is 15.8. The summed E-state index contributed by atoms with van der Waals surface area (Å²) < 4.78 is 7.98. The van der Waals surface area contributed by atoms with Crippen molar-refractivity contribution >= 4 is 29.3 Å². The molecule has 0 unspecified atom stereocenters. The number of nitrogens with one attached hydrogen (secondary N) is 1. The Morgan fingerprint density at radius 2 is 1.53 bits per heavy atom. The second-order valence-corrected chi connectivity index (χ2v) is 15.0. The van der Waals surface area contributed by atoms with Gasteiger partial charge in [-0.25, -0.2) is 4.79 Å². The zero-order valence-electron chi connectivity index (χ0n) is 32.6. The summed E-state index contributed by atoms with van der Waals surface area (Å²) in [6.07, 6.45) is 0.921. The molecule has 55 heavy (non-hydrogen) atoms. The van der Waals surface area contributed by atoms with E-state index in [0.717, 1.165) is 58.0 Å². The van der Waals surface area contributed by atoms with Gasteiger partial charge in [-0.3, -0.25) is 9.59 Å². The van der Waals surface area contributed by atoms with Gasteiger partial charge in [0, 0.05) is 81.1 Å². The zero-order valence-corrected chi connectivity index (χ0v) is 32.6. The van der Waals surface area contributed by atoms with Crippen LogP contribution in [-0.2, 0) is 33.0 Å². The van der Waals surface area contributed by atoms with Gasteiger partial charge < -0.3 is 34.2 Å². The van der Waals surface area contributed by atoms with Gasteiger partial charge in [0.1, 0.15) is 0 Å². The molecule has 0 spiro atoms. The minimum Gasteiger partial charge on any atom is -0.408 e. The standard InChI is InChI=1S/C45H50N6O4/c1-30-24-32-14-10-11-15-34(32)29-51(30)44(53)39-26-35-28-50(45(54)55-42-19-13-12-18-40(42)46-21-23-47(3)4)22-20-33(35)25-38(39)41-27-37(31(2)48(41)5)43(52)49(6)36-16-8-7-9-17-36/h7-19,25-27,30,46H,20-24,28-29H2,1-6H3/t30-/m1/s1. The number of hydrogen-bond acceptors (Lipinski definition) is 6. The fourth-order valence-corrected chi connectivity index (χ4v) is 7.66. The Hall–Kier alpha value is -5.87. The number of amides is 3. The van der Waals surface area contributed by atoms with Crippen LogP contribution < -0.4 is 15.0 Å². The summed E-state index contributed by atoms with van der Waals surface area (Å²) in [7, 11) is 7.76. The maximum absolute atomic E-state index is 14.9. The van der Waals surface area contributed by atoms with Crippen LogP contribution in [0.25, 0.3) is 11.3 Å². The van der Waals surface area contributed by atoms with Crippen LogP contribution in [0.1, 0.15) is 55.6 Å². The fraction of sp³-hybridized carbons (Fsp3) is 0.311. The molecule has 284 valence electrons. The molecule has 0 radical (unpaired) electrons. The molecule has 3 heterocycles. The van der Waals surface area contributed by atoms with Crippen LogP contribution in [0.5, 0.6) is 5.75 Å². The SMILES string of the molecule is Cc1c(C(=O)N(C)c2ccccc2)cc(-c2cc3c(cc2C(=O)N2Cc4ccccc4C[C@H]2C)CN(C(=O)Oc2ccccc2NCCN(C)C)CC3)n1C. The van der Waals surface area contributed by atoms with Crippen molar-refractivity contribution in [3.63, 3.8) is 0 Å². The number of carbonyl (C=O) groups is 3. The molecule has 0 aliphatic carbocycles. The number of hydrogen-bond donors (Lipinski definition) is 1. The van der Waals surface area contributed by atoms with E-state index in [1.54, 1.807) is 22.9 Å². The van der Waals surface area contributed by atoms with Gasteiger partial charge in [0.2, 0.25) is 0 Å². The molecule has 1 N–H and O–H groups in total. The summed E-state index contributed by atoms with van der Waals surface area (Å²) >= 11 is 0. The van der Waals surface area contributed by atoms with E-state index in [0.29, 0.717) is 49.5 Å². The molecule has 5 aromatic rings. The van der Waals surface area contributed by atoms with E-state index in [2.05, 4.69) is 35.3 Å². The van der Waals surface area contributed by atoms with Crippen molar-refractivity contribution in [2.45, 2.75) is 45.8 Å². The molecule has 0 saturated carbocycles. The smallest absolute Gasteiger partial charge is 0.408 e. The molecule has 0 saturated heterocycles. The molecule has 0 bridgehead atoms. The first-order chi connectivity index (χ1) is 26.5. The predicted octanol–water partition coefficient (Wildman–Crippen LogP) is 7.39. The first kappa shape index (κ1) is 37.4. The summed E-state index contributed by atoms with van der Waals surface area (Å²) in [5.74, 6) is 0.275. The van der Waals surface area contributed by atoms with Crippen molar-refractivity contribution in [3.05, 3.63) is 136 Å². The Kier molecular flexibility index (Phi) is 10.8. The van der Waals surface area contributed by atoms with Crippen LogP contribution in [0.4, 0.5) is 16.2 Å². The van der Waals surface area contributed by atoms with Crippen LogP contribution in [-0.4, -0.2) is 84.0 Å². The number of likely N-dealkylation sites (N-methyl/N-ethyl adjacent to an activating group) is 1. The summed E-state index contributed by atoms with van der Waals surface area (Å²) in [5.41, 5.74) is 9.43. The molecule has 0 fully saturated rings. The first-order valence-corrected chi connectivity index (χ1v) is 19.0.